The number of carbonyl (C=O) groups is 1. The molecule has 100 valence electrons. The zero-order valence-electron chi connectivity index (χ0n) is 11.2. The largest absolute Gasteiger partial charge is 0.381 e. The van der Waals surface area contributed by atoms with Gasteiger partial charge in [-0.05, 0) is 6.42 Å². The normalized spacial score (nSPS) is 20.1. The molecule has 1 aromatic heterocycles. The van der Waals surface area contributed by atoms with Gasteiger partial charge >= 0.3 is 0 Å². The molecule has 2 heterocycles. The summed E-state index contributed by atoms with van der Waals surface area (Å²) in [5.74, 6) is 0.104. The molecule has 0 aromatic carbocycles. The summed E-state index contributed by atoms with van der Waals surface area (Å²) >= 11 is 1.60. The van der Waals surface area contributed by atoms with Gasteiger partial charge in [-0.25, -0.2) is 4.98 Å². The lowest BCUT2D eigenvalue weighted by Gasteiger charge is -2.14. The maximum Gasteiger partial charge on any atom is 0.225 e. The quantitative estimate of drug-likeness (QED) is 0.913. The van der Waals surface area contributed by atoms with Crippen LogP contribution in [-0.2, 0) is 21.5 Å². The lowest BCUT2D eigenvalue weighted by molar-refractivity contribution is -0.125. The average molecular weight is 268 g/mol. The van der Waals surface area contributed by atoms with Gasteiger partial charge in [-0.3, -0.25) is 4.79 Å². The smallest absolute Gasteiger partial charge is 0.225 e. The maximum atomic E-state index is 11.8. The molecule has 0 radical (unpaired) electrons. The van der Waals surface area contributed by atoms with E-state index in [9.17, 15) is 4.79 Å². The van der Waals surface area contributed by atoms with Crippen molar-refractivity contribution in [2.75, 3.05) is 13.2 Å². The van der Waals surface area contributed by atoms with E-state index in [2.05, 4.69) is 36.5 Å². The highest BCUT2D eigenvalue weighted by Crippen LogP contribution is 2.23. The molecule has 1 fully saturated rings. The molecule has 1 amide bonds. The van der Waals surface area contributed by atoms with Crippen LogP contribution >= 0.6 is 11.3 Å². The van der Waals surface area contributed by atoms with E-state index in [4.69, 9.17) is 4.74 Å². The standard InChI is InChI=1S/C13H20N2O2S/c1-13(2,3)10-8-18-11(15-10)6-14-12(16)9-4-5-17-7-9/h8-9H,4-7H2,1-3H3,(H,14,16)/t9-/m0/s1. The van der Waals surface area contributed by atoms with Gasteiger partial charge in [0.2, 0.25) is 5.91 Å². The molecule has 2 rings (SSSR count). The first-order valence-corrected chi connectivity index (χ1v) is 7.15. The monoisotopic (exact) mass is 268 g/mol. The van der Waals surface area contributed by atoms with Gasteiger partial charge in [-0.1, -0.05) is 20.8 Å². The summed E-state index contributed by atoms with van der Waals surface area (Å²) in [7, 11) is 0. The average Bonchev–Trinajstić information content (AvgIpc) is 2.96. The number of amides is 1. The second-order valence-electron chi connectivity index (χ2n) is 5.65. The molecule has 1 aromatic rings. The zero-order valence-corrected chi connectivity index (χ0v) is 12.0. The van der Waals surface area contributed by atoms with E-state index in [0.717, 1.165) is 17.1 Å². The minimum Gasteiger partial charge on any atom is -0.381 e. The number of aromatic nitrogens is 1. The van der Waals surface area contributed by atoms with Crippen LogP contribution in [0.1, 0.15) is 37.9 Å². The van der Waals surface area contributed by atoms with Crippen LogP contribution in [0, 0.1) is 5.92 Å². The van der Waals surface area contributed by atoms with Crippen molar-refractivity contribution in [1.82, 2.24) is 10.3 Å². The van der Waals surface area contributed by atoms with Gasteiger partial charge in [0.05, 0.1) is 24.8 Å². The Morgan fingerprint density at radius 3 is 2.94 bits per heavy atom. The Kier molecular flexibility index (Phi) is 4.02. The highest BCUT2D eigenvalue weighted by Gasteiger charge is 2.23. The van der Waals surface area contributed by atoms with Crippen LogP contribution in [0.2, 0.25) is 0 Å². The number of nitrogens with one attached hydrogen (secondary N) is 1. The molecular weight excluding hydrogens is 248 g/mol. The Morgan fingerprint density at radius 1 is 1.61 bits per heavy atom. The highest BCUT2D eigenvalue weighted by atomic mass is 32.1. The van der Waals surface area contributed by atoms with Crippen molar-refractivity contribution in [3.63, 3.8) is 0 Å². The fourth-order valence-corrected chi connectivity index (χ4v) is 2.75. The van der Waals surface area contributed by atoms with E-state index in [1.165, 1.54) is 0 Å². The molecule has 1 N–H and O–H groups in total. The highest BCUT2D eigenvalue weighted by molar-refractivity contribution is 7.09. The Hall–Kier alpha value is -0.940. The molecule has 1 atom stereocenters. The third kappa shape index (κ3) is 3.29. The van der Waals surface area contributed by atoms with Crippen molar-refractivity contribution in [3.8, 4) is 0 Å². The summed E-state index contributed by atoms with van der Waals surface area (Å²) in [5, 5.41) is 5.97. The van der Waals surface area contributed by atoms with Crippen LogP contribution in [0.4, 0.5) is 0 Å². The van der Waals surface area contributed by atoms with E-state index in [1.54, 1.807) is 11.3 Å². The van der Waals surface area contributed by atoms with Crippen LogP contribution < -0.4 is 5.32 Å². The van der Waals surface area contributed by atoms with Crippen LogP contribution in [0.15, 0.2) is 5.38 Å². The first-order chi connectivity index (χ1) is 8.47. The molecule has 1 aliphatic heterocycles. The lowest BCUT2D eigenvalue weighted by Crippen LogP contribution is -2.30. The first-order valence-electron chi connectivity index (χ1n) is 6.27. The van der Waals surface area contributed by atoms with Gasteiger partial charge in [0.25, 0.3) is 0 Å². The number of rotatable bonds is 3. The van der Waals surface area contributed by atoms with Crippen molar-refractivity contribution in [3.05, 3.63) is 16.1 Å². The number of ether oxygens (including phenoxy) is 1. The predicted molar refractivity (Wildman–Crippen MR) is 71.6 cm³/mol. The predicted octanol–water partition coefficient (Wildman–Crippen LogP) is 2.09. The van der Waals surface area contributed by atoms with Crippen molar-refractivity contribution in [2.45, 2.75) is 39.2 Å². The third-order valence-electron chi connectivity index (χ3n) is 3.03. The molecule has 0 aliphatic carbocycles. The molecule has 4 nitrogen and oxygen atoms in total. The summed E-state index contributed by atoms with van der Waals surface area (Å²) in [4.78, 5) is 16.4. The van der Waals surface area contributed by atoms with Gasteiger partial charge in [-0.15, -0.1) is 11.3 Å². The van der Waals surface area contributed by atoms with E-state index in [0.29, 0.717) is 19.8 Å². The minimum atomic E-state index is 0.0204. The second kappa shape index (κ2) is 5.36. The number of hydrogen-bond acceptors (Lipinski definition) is 4. The first kappa shape index (κ1) is 13.5. The Morgan fingerprint density at radius 2 is 2.39 bits per heavy atom. The summed E-state index contributed by atoms with van der Waals surface area (Å²) in [6, 6.07) is 0. The molecule has 0 saturated carbocycles. The van der Waals surface area contributed by atoms with Crippen molar-refractivity contribution in [1.29, 1.82) is 0 Å². The fourth-order valence-electron chi connectivity index (χ4n) is 1.78. The lowest BCUT2D eigenvalue weighted by atomic mass is 9.93. The van der Waals surface area contributed by atoms with Gasteiger partial charge in [0.1, 0.15) is 5.01 Å². The maximum absolute atomic E-state index is 11.8. The molecule has 5 heteroatoms. The Bertz CT molecular complexity index is 417. The van der Waals surface area contributed by atoms with Crippen LogP contribution in [0.25, 0.3) is 0 Å². The van der Waals surface area contributed by atoms with Crippen molar-refractivity contribution >= 4 is 17.2 Å². The van der Waals surface area contributed by atoms with E-state index >= 15 is 0 Å². The summed E-state index contributed by atoms with van der Waals surface area (Å²) in [6.45, 7) is 8.19. The molecular formula is C13H20N2O2S. The number of hydrogen-bond donors (Lipinski definition) is 1. The van der Waals surface area contributed by atoms with Crippen molar-refractivity contribution < 1.29 is 9.53 Å². The zero-order chi connectivity index (χ0) is 13.2. The fraction of sp³-hybridized carbons (Fsp3) is 0.692. The van der Waals surface area contributed by atoms with Crippen LogP contribution in [-0.4, -0.2) is 24.1 Å². The van der Waals surface area contributed by atoms with Crippen LogP contribution in [0.3, 0.4) is 0 Å². The Balaban J connectivity index is 1.86. The minimum absolute atomic E-state index is 0.0204. The molecule has 1 aliphatic rings. The summed E-state index contributed by atoms with van der Waals surface area (Å²) in [6.07, 6.45) is 0.830. The number of nitrogens with zero attached hydrogens (tertiary/aromatic N) is 1. The SMILES string of the molecule is CC(C)(C)c1csc(CNC(=O)[C@H]2CCOC2)n1. The second-order valence-corrected chi connectivity index (χ2v) is 6.60. The summed E-state index contributed by atoms with van der Waals surface area (Å²) in [5.41, 5.74) is 1.15. The molecule has 1 saturated heterocycles. The summed E-state index contributed by atoms with van der Waals surface area (Å²) < 4.78 is 5.21. The van der Waals surface area contributed by atoms with Gasteiger partial charge in [-0.2, -0.15) is 0 Å². The van der Waals surface area contributed by atoms with Crippen LogP contribution in [0.5, 0.6) is 0 Å². The van der Waals surface area contributed by atoms with Gasteiger partial charge in [0, 0.05) is 17.4 Å². The van der Waals surface area contributed by atoms with E-state index < -0.39 is 0 Å². The molecule has 0 unspecified atom stereocenters. The number of carbonyl (C=O) groups excluding carboxylic acids is 1. The van der Waals surface area contributed by atoms with Gasteiger partial charge in [0.15, 0.2) is 0 Å². The molecule has 18 heavy (non-hydrogen) atoms. The third-order valence-corrected chi connectivity index (χ3v) is 3.88. The number of thiazole rings is 1. The van der Waals surface area contributed by atoms with Gasteiger partial charge < -0.3 is 10.1 Å². The Labute approximate surface area is 112 Å². The van der Waals surface area contributed by atoms with E-state index in [1.807, 2.05) is 0 Å². The molecule has 0 bridgehead atoms. The molecule has 0 spiro atoms. The topological polar surface area (TPSA) is 51.2 Å². The van der Waals surface area contributed by atoms with Crippen molar-refractivity contribution in [2.24, 2.45) is 5.92 Å². The van der Waals surface area contributed by atoms with E-state index in [-0.39, 0.29) is 17.2 Å².